The quantitative estimate of drug-likeness (QED) is 0.308. The van der Waals surface area contributed by atoms with Crippen molar-refractivity contribution in [2.45, 2.75) is 19.4 Å². The summed E-state index contributed by atoms with van der Waals surface area (Å²) in [5.74, 6) is -1.78. The minimum absolute atomic E-state index is 0.000772. The molecule has 2 amide bonds. The van der Waals surface area contributed by atoms with E-state index >= 15 is 0 Å². The second-order valence-electron chi connectivity index (χ2n) is 5.44. The topological polar surface area (TPSA) is 63.7 Å². The Bertz CT molecular complexity index is 642. The second kappa shape index (κ2) is 10.5. The smallest absolute Gasteiger partial charge is 0.467 e. The van der Waals surface area contributed by atoms with Gasteiger partial charge in [0, 0.05) is 0 Å². The van der Waals surface area contributed by atoms with Crippen LogP contribution in [0.25, 0.3) is 0 Å². The van der Waals surface area contributed by atoms with Crippen molar-refractivity contribution in [2.75, 3.05) is 7.11 Å². The van der Waals surface area contributed by atoms with Gasteiger partial charge in [0.2, 0.25) is 0 Å². The summed E-state index contributed by atoms with van der Waals surface area (Å²) in [6.07, 6.45) is 2.14. The zero-order valence-corrected chi connectivity index (χ0v) is 17.4. The SMILES string of the molecule is C=CC[C@H](C)[C@H](C(=O)OC)N1C(=O)c2ccccc2C1=O.C=[CH][Mg][Br]. The van der Waals surface area contributed by atoms with Crippen LogP contribution in [0.5, 0.6) is 0 Å². The molecule has 0 fully saturated rings. The standard InChI is InChI=1S/C16H17NO4.C2H3.BrH.Mg/c1-4-7-10(2)13(16(20)21-3)17-14(18)11-8-5-6-9-12(11)15(17)19;1-2;;/h4-6,8-10,13H,1,7H2,2-3H3;1H,2H2;1H;/q;;;+1/p-1/t10-,13+;;;/m0.../s1. The molecule has 0 aromatic heterocycles. The minimum atomic E-state index is -0.944. The van der Waals surface area contributed by atoms with E-state index in [1.165, 1.54) is 7.11 Å². The molecule has 0 unspecified atom stereocenters. The van der Waals surface area contributed by atoms with Crippen LogP contribution in [0, 0.1) is 5.92 Å². The third kappa shape index (κ3) is 5.02. The van der Waals surface area contributed by atoms with Gasteiger partial charge in [0.05, 0.1) is 18.2 Å². The Morgan fingerprint density at radius 2 is 1.76 bits per heavy atom. The van der Waals surface area contributed by atoms with Crippen LogP contribution in [0.15, 0.2) is 47.7 Å². The Morgan fingerprint density at radius 1 is 1.28 bits per heavy atom. The lowest BCUT2D eigenvalue weighted by Crippen LogP contribution is -2.49. The molecular weight excluding hydrogens is 398 g/mol. The number of fused-ring (bicyclic) bond motifs is 1. The molecule has 5 nitrogen and oxygen atoms in total. The highest BCUT2D eigenvalue weighted by atomic mass is 79.9. The van der Waals surface area contributed by atoms with E-state index in [1.807, 2.05) is 4.21 Å². The van der Waals surface area contributed by atoms with Crippen LogP contribution >= 0.6 is 12.9 Å². The van der Waals surface area contributed by atoms with E-state index in [4.69, 9.17) is 4.74 Å². The highest BCUT2D eigenvalue weighted by molar-refractivity contribution is 9.23. The van der Waals surface area contributed by atoms with Gasteiger partial charge in [-0.3, -0.25) is 27.4 Å². The second-order valence-corrected chi connectivity index (χ2v) is 8.27. The van der Waals surface area contributed by atoms with Gasteiger partial charge in [-0.15, -0.1) is 13.2 Å². The van der Waals surface area contributed by atoms with Gasteiger partial charge in [0.1, 0.15) is 6.04 Å². The van der Waals surface area contributed by atoms with Crippen LogP contribution in [0.1, 0.15) is 34.1 Å². The van der Waals surface area contributed by atoms with E-state index in [0.717, 1.165) is 4.90 Å². The summed E-state index contributed by atoms with van der Waals surface area (Å²) in [7, 11) is 1.24. The molecule has 0 radical (unpaired) electrons. The average Bonchev–Trinajstić information content (AvgIpc) is 2.88. The molecule has 2 atom stereocenters. The molecule has 25 heavy (non-hydrogen) atoms. The molecule has 0 aliphatic carbocycles. The zero-order valence-electron chi connectivity index (χ0n) is 14.4. The maximum atomic E-state index is 12.4. The number of methoxy groups -OCH3 is 1. The molecule has 1 aromatic rings. The largest absolute Gasteiger partial charge is 0.497 e. The van der Waals surface area contributed by atoms with E-state index in [-0.39, 0.29) is 24.1 Å². The molecule has 1 aromatic carbocycles. The number of amides is 2. The first kappa shape index (κ1) is 21.6. The molecular formula is C18H20BrMgNO4. The number of nitrogens with zero attached hydrogens (tertiary/aromatic N) is 1. The van der Waals surface area contributed by atoms with Crippen molar-refractivity contribution in [1.82, 2.24) is 4.90 Å². The zero-order chi connectivity index (χ0) is 19.0. The van der Waals surface area contributed by atoms with Gasteiger partial charge in [-0.2, -0.15) is 4.21 Å². The number of carbonyl (C=O) groups excluding carboxylic acids is 3. The van der Waals surface area contributed by atoms with Crippen LogP contribution in [-0.4, -0.2) is 54.0 Å². The van der Waals surface area contributed by atoms with Crippen molar-refractivity contribution in [2.24, 2.45) is 5.92 Å². The summed E-state index contributed by atoms with van der Waals surface area (Å²) in [6.45, 7) is 8.91. The number of hydrogen-bond acceptors (Lipinski definition) is 4. The number of imide groups is 1. The third-order valence-electron chi connectivity index (χ3n) is 3.73. The number of halogens is 1. The fraction of sp³-hybridized carbons (Fsp3) is 0.278. The van der Waals surface area contributed by atoms with Crippen LogP contribution < -0.4 is 0 Å². The fourth-order valence-corrected chi connectivity index (χ4v) is 2.57. The average molecular weight is 419 g/mol. The molecule has 0 spiro atoms. The van der Waals surface area contributed by atoms with Crippen LogP contribution in [0.2, 0.25) is 0 Å². The van der Waals surface area contributed by atoms with Gasteiger partial charge >= 0.3 is 24.2 Å². The summed E-state index contributed by atoms with van der Waals surface area (Å²) < 4.78 is 6.70. The maximum absolute atomic E-state index is 12.4. The van der Waals surface area contributed by atoms with E-state index in [1.54, 1.807) is 37.3 Å². The van der Waals surface area contributed by atoms with Crippen molar-refractivity contribution in [3.63, 3.8) is 0 Å². The molecule has 0 saturated heterocycles. The minimum Gasteiger partial charge on any atom is -0.467 e. The van der Waals surface area contributed by atoms with Crippen LogP contribution in [-0.2, 0) is 9.53 Å². The molecule has 2 rings (SSSR count). The van der Waals surface area contributed by atoms with Gasteiger partial charge in [0.15, 0.2) is 0 Å². The lowest BCUT2D eigenvalue weighted by molar-refractivity contribution is -0.146. The first-order valence-corrected chi connectivity index (χ1v) is 12.5. The number of carbonyl (C=O) groups is 3. The Hall–Kier alpha value is -1.44. The van der Waals surface area contributed by atoms with Crippen LogP contribution in [0.3, 0.4) is 0 Å². The summed E-state index contributed by atoms with van der Waals surface area (Å²) in [5.41, 5.74) is 0.643. The van der Waals surface area contributed by atoms with Crippen molar-refractivity contribution in [3.05, 3.63) is 58.8 Å². The van der Waals surface area contributed by atoms with Gasteiger partial charge in [-0.1, -0.05) is 25.1 Å². The monoisotopic (exact) mass is 417 g/mol. The predicted octanol–water partition coefficient (Wildman–Crippen LogP) is 3.18. The first-order valence-electron chi connectivity index (χ1n) is 7.77. The summed E-state index contributed by atoms with van der Waals surface area (Å²) in [6, 6.07) is 5.60. The number of ether oxygens (including phenoxy) is 1. The molecule has 1 aliphatic heterocycles. The molecule has 130 valence electrons. The normalized spacial score (nSPS) is 14.4. The highest BCUT2D eigenvalue weighted by Crippen LogP contribution is 2.28. The van der Waals surface area contributed by atoms with Crippen molar-refractivity contribution in [3.8, 4) is 0 Å². The first-order chi connectivity index (χ1) is 11.9. The van der Waals surface area contributed by atoms with Crippen molar-refractivity contribution >= 4 is 48.9 Å². The summed E-state index contributed by atoms with van der Waals surface area (Å²) in [4.78, 5) is 38.0. The Balaban J connectivity index is 0.000000705. The molecule has 7 heteroatoms. The van der Waals surface area contributed by atoms with E-state index in [9.17, 15) is 14.4 Å². The Morgan fingerprint density at radius 3 is 2.12 bits per heavy atom. The van der Waals surface area contributed by atoms with Gasteiger partial charge in [-0.05, 0) is 24.5 Å². The van der Waals surface area contributed by atoms with E-state index < -0.39 is 23.8 Å². The number of hydrogen-bond donors (Lipinski definition) is 0. The van der Waals surface area contributed by atoms with Gasteiger partial charge in [0.25, 0.3) is 11.8 Å². The molecule has 1 aliphatic rings. The Labute approximate surface area is 163 Å². The molecule has 0 bridgehead atoms. The van der Waals surface area contributed by atoms with Crippen molar-refractivity contribution in [1.29, 1.82) is 0 Å². The van der Waals surface area contributed by atoms with Crippen LogP contribution in [0.4, 0.5) is 0 Å². The predicted molar refractivity (Wildman–Crippen MR) is 102 cm³/mol. The lowest BCUT2D eigenvalue weighted by Gasteiger charge is -2.28. The molecule has 0 N–H and O–H groups in total. The molecule has 1 heterocycles. The van der Waals surface area contributed by atoms with Gasteiger partial charge < -0.3 is 4.74 Å². The van der Waals surface area contributed by atoms with E-state index in [0.29, 0.717) is 17.5 Å². The highest BCUT2D eigenvalue weighted by Gasteiger charge is 2.45. The number of benzene rings is 1. The lowest BCUT2D eigenvalue weighted by atomic mass is 9.96. The molecule has 0 saturated carbocycles. The number of rotatable bonds is 6. The number of allylic oxidation sites excluding steroid dienone is 1. The van der Waals surface area contributed by atoms with E-state index in [2.05, 4.69) is 26.0 Å². The maximum Gasteiger partial charge on any atom is 0.497 e. The third-order valence-corrected chi connectivity index (χ3v) is 5.32. The van der Waals surface area contributed by atoms with Crippen molar-refractivity contribution < 1.29 is 19.1 Å². The number of esters is 1. The fourth-order valence-electron chi connectivity index (χ4n) is 2.57. The summed E-state index contributed by atoms with van der Waals surface area (Å²) in [5, 5.41) is 0. The summed E-state index contributed by atoms with van der Waals surface area (Å²) >= 11 is 3.27. The van der Waals surface area contributed by atoms with Gasteiger partial charge in [-0.25, -0.2) is 4.79 Å². The Kier molecular flexibility index (Phi) is 9.09.